The van der Waals surface area contributed by atoms with Gasteiger partial charge in [0.25, 0.3) is 11.8 Å². The molecule has 54 heavy (non-hydrogen) atoms. The molecule has 0 radical (unpaired) electrons. The largest absolute Gasteiger partial charge is 0.489 e. The van der Waals surface area contributed by atoms with Crippen molar-refractivity contribution in [2.75, 3.05) is 10.6 Å². The van der Waals surface area contributed by atoms with Gasteiger partial charge in [-0.15, -0.1) is 23.1 Å². The molecule has 10 heteroatoms. The molecule has 6 rings (SSSR count). The maximum atomic E-state index is 13.8. The molecule has 0 fully saturated rings. The standard InChI is InChI=1S/C44H36N4O4S2/c1-2-40(43(51)48-44-37(27-45)38(29-53-44)32-15-8-4-9-16-32)54-36-20-12-19-34(26-36)46-42(50)39(47-41(49)33-17-10-5-11-18-33)25-30-21-23-35(24-22-30)52-28-31-13-6-3-7-14-31/h3-26,29,40H,2,28H2,1H3,(H,46,50)(H,47,49)(H,48,51)/b39-25+. The summed E-state index contributed by atoms with van der Waals surface area (Å²) in [7, 11) is 0. The van der Waals surface area contributed by atoms with Crippen molar-refractivity contribution in [2.45, 2.75) is 30.1 Å². The predicted molar refractivity (Wildman–Crippen MR) is 217 cm³/mol. The Morgan fingerprint density at radius 2 is 1.52 bits per heavy atom. The Kier molecular flexibility index (Phi) is 12.7. The van der Waals surface area contributed by atoms with Crippen molar-refractivity contribution in [1.82, 2.24) is 5.32 Å². The van der Waals surface area contributed by atoms with Crippen molar-refractivity contribution in [3.63, 3.8) is 0 Å². The Bertz CT molecular complexity index is 2290. The van der Waals surface area contributed by atoms with Gasteiger partial charge in [0.15, 0.2) is 0 Å². The van der Waals surface area contributed by atoms with E-state index in [9.17, 15) is 19.6 Å². The maximum absolute atomic E-state index is 13.8. The van der Waals surface area contributed by atoms with E-state index in [1.165, 1.54) is 23.1 Å². The van der Waals surface area contributed by atoms with Crippen LogP contribution in [0.3, 0.4) is 0 Å². The fourth-order valence-corrected chi connectivity index (χ4v) is 7.36. The van der Waals surface area contributed by atoms with E-state index in [2.05, 4.69) is 22.0 Å². The molecular formula is C44H36N4O4S2. The van der Waals surface area contributed by atoms with Gasteiger partial charge in [0.2, 0.25) is 5.91 Å². The average molecular weight is 749 g/mol. The van der Waals surface area contributed by atoms with Crippen molar-refractivity contribution < 1.29 is 19.1 Å². The molecule has 0 aliphatic rings. The van der Waals surface area contributed by atoms with E-state index in [4.69, 9.17) is 4.74 Å². The molecule has 3 N–H and O–H groups in total. The fourth-order valence-electron chi connectivity index (χ4n) is 5.43. The van der Waals surface area contributed by atoms with Gasteiger partial charge in [0.1, 0.15) is 29.1 Å². The number of rotatable bonds is 14. The number of ether oxygens (including phenoxy) is 1. The fraction of sp³-hybridized carbons (Fsp3) is 0.0909. The van der Waals surface area contributed by atoms with Crippen LogP contribution >= 0.6 is 23.1 Å². The SMILES string of the molecule is CCC(Sc1cccc(NC(=O)/C(=C\c2ccc(OCc3ccccc3)cc2)NC(=O)c2ccccc2)c1)C(=O)Nc1scc(-c2ccccc2)c1C#N. The number of anilines is 2. The zero-order chi connectivity index (χ0) is 37.7. The van der Waals surface area contributed by atoms with E-state index in [1.807, 2.05) is 109 Å². The smallest absolute Gasteiger partial charge is 0.272 e. The lowest BCUT2D eigenvalue weighted by molar-refractivity contribution is -0.116. The van der Waals surface area contributed by atoms with Crippen LogP contribution in [0, 0.1) is 11.3 Å². The van der Waals surface area contributed by atoms with Crippen molar-refractivity contribution in [1.29, 1.82) is 5.26 Å². The summed E-state index contributed by atoms with van der Waals surface area (Å²) in [6, 6.07) is 44.8. The minimum Gasteiger partial charge on any atom is -0.489 e. The lowest BCUT2D eigenvalue weighted by atomic mass is 10.1. The van der Waals surface area contributed by atoms with E-state index >= 15 is 0 Å². The number of thiophene rings is 1. The van der Waals surface area contributed by atoms with E-state index in [-0.39, 0.29) is 11.6 Å². The first-order valence-corrected chi connectivity index (χ1v) is 19.0. The van der Waals surface area contributed by atoms with Crippen molar-refractivity contribution in [3.8, 4) is 22.9 Å². The molecule has 0 spiro atoms. The topological polar surface area (TPSA) is 120 Å². The molecule has 0 aliphatic heterocycles. The number of hydrogen-bond donors (Lipinski definition) is 3. The number of carbonyl (C=O) groups excluding carboxylic acids is 3. The zero-order valence-corrected chi connectivity index (χ0v) is 31.0. The molecule has 3 amide bonds. The third-order valence-electron chi connectivity index (χ3n) is 8.23. The van der Waals surface area contributed by atoms with E-state index in [1.54, 1.807) is 48.5 Å². The van der Waals surface area contributed by atoms with Crippen LogP contribution in [0.5, 0.6) is 5.75 Å². The van der Waals surface area contributed by atoms with Gasteiger partial charge in [-0.1, -0.05) is 104 Å². The first kappa shape index (κ1) is 37.4. The Morgan fingerprint density at radius 3 is 2.20 bits per heavy atom. The van der Waals surface area contributed by atoms with Crippen LogP contribution < -0.4 is 20.7 Å². The number of amides is 3. The molecule has 268 valence electrons. The molecule has 1 heterocycles. The summed E-state index contributed by atoms with van der Waals surface area (Å²) < 4.78 is 5.91. The summed E-state index contributed by atoms with van der Waals surface area (Å²) in [5, 5.41) is 20.5. The normalized spacial score (nSPS) is 11.5. The number of nitriles is 1. The van der Waals surface area contributed by atoms with Crippen molar-refractivity contribution >= 4 is 57.6 Å². The molecule has 0 aliphatic carbocycles. The van der Waals surface area contributed by atoms with Crippen LogP contribution in [-0.2, 0) is 16.2 Å². The highest BCUT2D eigenvalue weighted by Crippen LogP contribution is 2.36. The van der Waals surface area contributed by atoms with Crippen LogP contribution in [0.1, 0.15) is 40.4 Å². The van der Waals surface area contributed by atoms with Gasteiger partial charge in [-0.25, -0.2) is 0 Å². The molecule has 0 saturated heterocycles. The summed E-state index contributed by atoms with van der Waals surface area (Å²) in [6.07, 6.45) is 2.14. The lowest BCUT2D eigenvalue weighted by Gasteiger charge is -2.16. The molecular weight excluding hydrogens is 713 g/mol. The summed E-state index contributed by atoms with van der Waals surface area (Å²) in [5.74, 6) is -0.504. The Hall–Kier alpha value is -6.41. The summed E-state index contributed by atoms with van der Waals surface area (Å²) >= 11 is 2.68. The Labute approximate surface area is 322 Å². The average Bonchev–Trinajstić information content (AvgIpc) is 3.62. The molecule has 5 aromatic carbocycles. The monoisotopic (exact) mass is 748 g/mol. The predicted octanol–water partition coefficient (Wildman–Crippen LogP) is 9.78. The van der Waals surface area contributed by atoms with Crippen molar-refractivity contribution in [2.24, 2.45) is 0 Å². The highest BCUT2D eigenvalue weighted by Gasteiger charge is 2.22. The van der Waals surface area contributed by atoms with Gasteiger partial charge >= 0.3 is 0 Å². The van der Waals surface area contributed by atoms with Gasteiger partial charge in [0.05, 0.1) is 10.8 Å². The zero-order valence-electron chi connectivity index (χ0n) is 29.3. The minimum absolute atomic E-state index is 0.0461. The second-order valence-electron chi connectivity index (χ2n) is 12.0. The first-order chi connectivity index (χ1) is 26.4. The summed E-state index contributed by atoms with van der Waals surface area (Å²) in [4.78, 5) is 41.2. The van der Waals surface area contributed by atoms with E-state index in [0.717, 1.165) is 21.6 Å². The molecule has 6 aromatic rings. The third-order valence-corrected chi connectivity index (χ3v) is 10.5. The van der Waals surface area contributed by atoms with Crippen LogP contribution in [0.15, 0.2) is 155 Å². The van der Waals surface area contributed by atoms with E-state index in [0.29, 0.717) is 46.2 Å². The highest BCUT2D eigenvalue weighted by molar-refractivity contribution is 8.00. The first-order valence-electron chi connectivity index (χ1n) is 17.2. The second-order valence-corrected chi connectivity index (χ2v) is 14.2. The molecule has 1 atom stereocenters. The maximum Gasteiger partial charge on any atom is 0.272 e. The molecule has 0 bridgehead atoms. The molecule has 8 nitrogen and oxygen atoms in total. The number of nitrogens with zero attached hydrogens (tertiary/aromatic N) is 1. The molecule has 0 saturated carbocycles. The van der Waals surface area contributed by atoms with Gasteiger partial charge in [0, 0.05) is 27.1 Å². The lowest BCUT2D eigenvalue weighted by Crippen LogP contribution is -2.30. The van der Waals surface area contributed by atoms with Crippen molar-refractivity contribution in [3.05, 3.63) is 173 Å². The minimum atomic E-state index is -0.522. The molecule has 1 unspecified atom stereocenters. The van der Waals surface area contributed by atoms with Crippen LogP contribution in [-0.4, -0.2) is 23.0 Å². The third kappa shape index (κ3) is 9.92. The highest BCUT2D eigenvalue weighted by atomic mass is 32.2. The quantitative estimate of drug-likeness (QED) is 0.0754. The second kappa shape index (κ2) is 18.4. The van der Waals surface area contributed by atoms with Gasteiger partial charge in [-0.05, 0) is 71.7 Å². The summed E-state index contributed by atoms with van der Waals surface area (Å²) in [6.45, 7) is 2.34. The Balaban J connectivity index is 1.15. The Morgan fingerprint density at radius 1 is 0.833 bits per heavy atom. The van der Waals surface area contributed by atoms with Crippen LogP contribution in [0.4, 0.5) is 10.7 Å². The van der Waals surface area contributed by atoms with Crippen LogP contribution in [0.25, 0.3) is 17.2 Å². The van der Waals surface area contributed by atoms with Gasteiger partial charge in [-0.3, -0.25) is 14.4 Å². The number of hydrogen-bond acceptors (Lipinski definition) is 7. The van der Waals surface area contributed by atoms with Gasteiger partial charge in [-0.2, -0.15) is 5.26 Å². The van der Waals surface area contributed by atoms with E-state index < -0.39 is 17.1 Å². The van der Waals surface area contributed by atoms with Crippen LogP contribution in [0.2, 0.25) is 0 Å². The van der Waals surface area contributed by atoms with Gasteiger partial charge < -0.3 is 20.7 Å². The number of benzene rings is 5. The number of carbonyl (C=O) groups is 3. The number of nitrogens with one attached hydrogen (secondary N) is 3. The molecule has 1 aromatic heterocycles. The summed E-state index contributed by atoms with van der Waals surface area (Å²) in [5.41, 5.74) is 4.79. The number of thioether (sulfide) groups is 1.